The van der Waals surface area contributed by atoms with Gasteiger partial charge in [0.2, 0.25) is 0 Å². The molecule has 0 saturated heterocycles. The Labute approximate surface area is 178 Å². The molecule has 0 radical (unpaired) electrons. The number of rotatable bonds is 6. The van der Waals surface area contributed by atoms with E-state index < -0.39 is 5.91 Å². The predicted molar refractivity (Wildman–Crippen MR) is 115 cm³/mol. The Hall–Kier alpha value is -3.13. The lowest BCUT2D eigenvalue weighted by atomic mass is 10.1. The number of carbonyl (C=O) groups is 2. The summed E-state index contributed by atoms with van der Waals surface area (Å²) in [5.74, 6) is 0.156. The van der Waals surface area contributed by atoms with E-state index in [0.717, 1.165) is 21.3 Å². The van der Waals surface area contributed by atoms with Crippen LogP contribution in [0.2, 0.25) is 0 Å². The number of nitrogens with zero attached hydrogens (tertiary/aromatic N) is 2. The van der Waals surface area contributed by atoms with Gasteiger partial charge in [0.05, 0.1) is 31.0 Å². The van der Waals surface area contributed by atoms with E-state index in [2.05, 4.69) is 4.99 Å². The van der Waals surface area contributed by atoms with E-state index in [1.165, 1.54) is 25.6 Å². The molecule has 0 fully saturated rings. The van der Waals surface area contributed by atoms with E-state index >= 15 is 0 Å². The second-order valence-electron chi connectivity index (χ2n) is 6.67. The van der Waals surface area contributed by atoms with Crippen LogP contribution in [0.4, 0.5) is 0 Å². The second kappa shape index (κ2) is 9.13. The molecule has 7 nitrogen and oxygen atoms in total. The zero-order valence-electron chi connectivity index (χ0n) is 17.6. The van der Waals surface area contributed by atoms with Crippen LogP contribution >= 0.6 is 11.3 Å². The molecule has 1 amide bonds. The first kappa shape index (κ1) is 21.6. The summed E-state index contributed by atoms with van der Waals surface area (Å²) in [6.45, 7) is 6.06. The molecule has 0 saturated carbocycles. The van der Waals surface area contributed by atoms with Gasteiger partial charge in [0.15, 0.2) is 16.3 Å². The highest BCUT2D eigenvalue weighted by molar-refractivity contribution is 7.16. The summed E-state index contributed by atoms with van der Waals surface area (Å²) >= 11 is 1.36. The average molecular weight is 429 g/mol. The second-order valence-corrected chi connectivity index (χ2v) is 7.68. The molecule has 0 unspecified atom stereocenters. The lowest BCUT2D eigenvalue weighted by Crippen LogP contribution is -2.23. The number of methoxy groups -OCH3 is 2. The Bertz CT molecular complexity index is 1180. The van der Waals surface area contributed by atoms with Crippen molar-refractivity contribution in [3.05, 3.63) is 51.8 Å². The van der Waals surface area contributed by atoms with Gasteiger partial charge in [-0.05, 0) is 62.2 Å². The lowest BCUT2D eigenvalue weighted by Gasteiger charge is -2.08. The minimum atomic E-state index is -0.437. The Kier molecular flexibility index (Phi) is 6.56. The van der Waals surface area contributed by atoms with Crippen LogP contribution in [-0.2, 0) is 16.1 Å². The molecule has 0 spiro atoms. The number of aromatic nitrogens is 1. The summed E-state index contributed by atoms with van der Waals surface area (Å²) < 4.78 is 18.3. The minimum absolute atomic E-state index is 0.0195. The standard InChI is InChI=1S/C22H24N2O5S/c1-6-29-20(25)12-24-16-9-13(2)14(3)10-19(16)30-22(24)23-21(26)15-7-8-17(27-4)18(11-15)28-5/h7-11H,6,12H2,1-5H3. The van der Waals surface area contributed by atoms with E-state index in [1.807, 2.05) is 26.0 Å². The molecule has 0 atom stereocenters. The summed E-state index contributed by atoms with van der Waals surface area (Å²) in [6, 6.07) is 8.91. The number of hydrogen-bond donors (Lipinski definition) is 0. The van der Waals surface area contributed by atoms with Gasteiger partial charge >= 0.3 is 5.97 Å². The summed E-state index contributed by atoms with van der Waals surface area (Å²) in [4.78, 5) is 29.8. The Morgan fingerprint density at radius 1 is 1.03 bits per heavy atom. The maximum atomic E-state index is 12.9. The number of thiazole rings is 1. The number of aryl methyl sites for hydroxylation is 2. The Morgan fingerprint density at radius 3 is 2.40 bits per heavy atom. The minimum Gasteiger partial charge on any atom is -0.493 e. The van der Waals surface area contributed by atoms with Crippen molar-refractivity contribution in [3.63, 3.8) is 0 Å². The summed E-state index contributed by atoms with van der Waals surface area (Å²) in [7, 11) is 3.04. The molecule has 2 aromatic carbocycles. The zero-order valence-corrected chi connectivity index (χ0v) is 18.5. The van der Waals surface area contributed by atoms with Gasteiger partial charge < -0.3 is 18.8 Å². The van der Waals surface area contributed by atoms with Gasteiger partial charge in [0.1, 0.15) is 6.54 Å². The SMILES string of the molecule is CCOC(=O)Cn1c(=NC(=O)c2ccc(OC)c(OC)c2)sc2cc(C)c(C)cc21. The van der Waals surface area contributed by atoms with Crippen LogP contribution in [0.15, 0.2) is 35.3 Å². The van der Waals surface area contributed by atoms with Gasteiger partial charge in [-0.3, -0.25) is 9.59 Å². The Balaban J connectivity index is 2.12. The molecule has 1 aromatic heterocycles. The molecule has 30 heavy (non-hydrogen) atoms. The number of fused-ring (bicyclic) bond motifs is 1. The van der Waals surface area contributed by atoms with Crippen molar-refractivity contribution in [2.45, 2.75) is 27.3 Å². The molecule has 0 N–H and O–H groups in total. The summed E-state index contributed by atoms with van der Waals surface area (Å²) in [5.41, 5.74) is 3.43. The van der Waals surface area contributed by atoms with E-state index in [9.17, 15) is 9.59 Å². The third-order valence-corrected chi connectivity index (χ3v) is 5.76. The van der Waals surface area contributed by atoms with Crippen molar-refractivity contribution in [3.8, 4) is 11.5 Å². The highest BCUT2D eigenvalue weighted by Crippen LogP contribution is 2.28. The molecule has 0 bridgehead atoms. The van der Waals surface area contributed by atoms with Gasteiger partial charge in [-0.25, -0.2) is 0 Å². The molecular weight excluding hydrogens is 404 g/mol. The normalized spacial score (nSPS) is 11.6. The largest absolute Gasteiger partial charge is 0.493 e. The van der Waals surface area contributed by atoms with Crippen LogP contribution < -0.4 is 14.3 Å². The fraction of sp³-hybridized carbons (Fsp3) is 0.318. The van der Waals surface area contributed by atoms with Crippen molar-refractivity contribution in [2.24, 2.45) is 4.99 Å². The molecule has 0 aliphatic carbocycles. The van der Waals surface area contributed by atoms with Crippen LogP contribution in [0.25, 0.3) is 10.2 Å². The number of esters is 1. The maximum Gasteiger partial charge on any atom is 0.326 e. The third-order valence-electron chi connectivity index (χ3n) is 4.72. The van der Waals surface area contributed by atoms with Crippen molar-refractivity contribution >= 4 is 33.4 Å². The third kappa shape index (κ3) is 4.38. The van der Waals surface area contributed by atoms with E-state index in [1.54, 1.807) is 29.7 Å². The number of hydrogen-bond acceptors (Lipinski definition) is 6. The number of carbonyl (C=O) groups excluding carboxylic acids is 2. The molecule has 1 heterocycles. The van der Waals surface area contributed by atoms with Gasteiger partial charge in [-0.15, -0.1) is 0 Å². The monoisotopic (exact) mass is 428 g/mol. The summed E-state index contributed by atoms with van der Waals surface area (Å²) in [5, 5.41) is 0. The molecule has 3 aromatic rings. The average Bonchev–Trinajstić information content (AvgIpc) is 3.03. The van der Waals surface area contributed by atoms with E-state index in [4.69, 9.17) is 14.2 Å². The fourth-order valence-corrected chi connectivity index (χ4v) is 4.12. The quantitative estimate of drug-likeness (QED) is 0.560. The smallest absolute Gasteiger partial charge is 0.326 e. The lowest BCUT2D eigenvalue weighted by molar-refractivity contribution is -0.143. The molecule has 0 aliphatic heterocycles. The molecule has 3 rings (SSSR count). The fourth-order valence-electron chi connectivity index (χ4n) is 3.02. The van der Waals surface area contributed by atoms with Crippen molar-refractivity contribution in [1.29, 1.82) is 0 Å². The molecule has 158 valence electrons. The van der Waals surface area contributed by atoms with Crippen LogP contribution in [0.5, 0.6) is 11.5 Å². The first-order chi connectivity index (χ1) is 14.4. The van der Waals surface area contributed by atoms with E-state index in [-0.39, 0.29) is 19.1 Å². The van der Waals surface area contributed by atoms with Crippen LogP contribution in [0.3, 0.4) is 0 Å². The van der Waals surface area contributed by atoms with Crippen molar-refractivity contribution in [2.75, 3.05) is 20.8 Å². The first-order valence-electron chi connectivity index (χ1n) is 9.45. The van der Waals surface area contributed by atoms with Crippen LogP contribution in [0, 0.1) is 13.8 Å². The summed E-state index contributed by atoms with van der Waals surface area (Å²) in [6.07, 6.45) is 0. The predicted octanol–water partition coefficient (Wildman–Crippen LogP) is 3.64. The number of ether oxygens (including phenoxy) is 3. The highest BCUT2D eigenvalue weighted by Gasteiger charge is 2.15. The maximum absolute atomic E-state index is 12.9. The Morgan fingerprint density at radius 2 is 1.73 bits per heavy atom. The first-order valence-corrected chi connectivity index (χ1v) is 10.3. The van der Waals surface area contributed by atoms with Gasteiger partial charge in [-0.2, -0.15) is 4.99 Å². The molecule has 8 heteroatoms. The van der Waals surface area contributed by atoms with Gasteiger partial charge in [-0.1, -0.05) is 11.3 Å². The van der Waals surface area contributed by atoms with Gasteiger partial charge in [0, 0.05) is 5.56 Å². The van der Waals surface area contributed by atoms with Crippen LogP contribution in [-0.4, -0.2) is 37.3 Å². The van der Waals surface area contributed by atoms with Crippen molar-refractivity contribution < 1.29 is 23.8 Å². The number of benzene rings is 2. The van der Waals surface area contributed by atoms with Gasteiger partial charge in [0.25, 0.3) is 5.91 Å². The highest BCUT2D eigenvalue weighted by atomic mass is 32.1. The number of amides is 1. The topological polar surface area (TPSA) is 79.1 Å². The van der Waals surface area contributed by atoms with Crippen LogP contribution in [0.1, 0.15) is 28.4 Å². The van der Waals surface area contributed by atoms with E-state index in [0.29, 0.717) is 21.9 Å². The molecule has 0 aliphatic rings. The molecular formula is C22H24N2O5S. The van der Waals surface area contributed by atoms with Crippen molar-refractivity contribution in [1.82, 2.24) is 4.57 Å². The zero-order chi connectivity index (χ0) is 21.8.